The number of nitrogens with one attached hydrogen (secondary N) is 2. The Balaban J connectivity index is 2.06. The van der Waals surface area contributed by atoms with Gasteiger partial charge in [0.15, 0.2) is 0 Å². The quantitative estimate of drug-likeness (QED) is 0.712. The normalized spacial score (nSPS) is 10.1. The Hall–Kier alpha value is -2.87. The van der Waals surface area contributed by atoms with Gasteiger partial charge in [-0.05, 0) is 12.1 Å². The second kappa shape index (κ2) is 8.68. The van der Waals surface area contributed by atoms with Crippen LogP contribution in [0.3, 0.4) is 0 Å². The van der Waals surface area contributed by atoms with Gasteiger partial charge in [0.2, 0.25) is 5.95 Å². The maximum atomic E-state index is 12.3. The van der Waals surface area contributed by atoms with Crippen LogP contribution in [0, 0.1) is 0 Å². The standard InChI is InChI=1S/C16H20N4O4/c1-22-7-6-17-16-18-9-11(10-19-16)15(21)20-13-8-12(23-2)4-5-14(13)24-3/h4-5,8-10H,6-7H2,1-3H3,(H,20,21)(H,17,18,19). The van der Waals surface area contributed by atoms with Crippen LogP contribution in [0.25, 0.3) is 0 Å². The van der Waals surface area contributed by atoms with E-state index in [2.05, 4.69) is 20.6 Å². The van der Waals surface area contributed by atoms with Crippen molar-refractivity contribution in [3.63, 3.8) is 0 Å². The molecular formula is C16H20N4O4. The molecule has 0 unspecified atom stereocenters. The lowest BCUT2D eigenvalue weighted by Gasteiger charge is -2.11. The number of rotatable bonds is 8. The molecule has 0 aliphatic heterocycles. The van der Waals surface area contributed by atoms with Gasteiger partial charge >= 0.3 is 0 Å². The third-order valence-electron chi connectivity index (χ3n) is 3.16. The van der Waals surface area contributed by atoms with Crippen molar-refractivity contribution >= 4 is 17.5 Å². The molecule has 0 aliphatic rings. The lowest BCUT2D eigenvalue weighted by Crippen LogP contribution is -2.15. The number of methoxy groups -OCH3 is 3. The summed E-state index contributed by atoms with van der Waals surface area (Å²) >= 11 is 0. The number of benzene rings is 1. The molecule has 0 spiro atoms. The number of aromatic nitrogens is 2. The van der Waals surface area contributed by atoms with E-state index in [-0.39, 0.29) is 5.91 Å². The lowest BCUT2D eigenvalue weighted by atomic mass is 10.2. The van der Waals surface area contributed by atoms with Crippen molar-refractivity contribution in [3.8, 4) is 11.5 Å². The van der Waals surface area contributed by atoms with Gasteiger partial charge in [0.25, 0.3) is 5.91 Å². The summed E-state index contributed by atoms with van der Waals surface area (Å²) in [5, 5.41) is 5.74. The molecule has 0 atom stereocenters. The Morgan fingerprint density at radius 3 is 2.50 bits per heavy atom. The molecular weight excluding hydrogens is 312 g/mol. The summed E-state index contributed by atoms with van der Waals surface area (Å²) in [7, 11) is 4.69. The fourth-order valence-corrected chi connectivity index (χ4v) is 1.91. The van der Waals surface area contributed by atoms with Crippen molar-refractivity contribution in [3.05, 3.63) is 36.2 Å². The predicted molar refractivity (Wildman–Crippen MR) is 89.9 cm³/mol. The van der Waals surface area contributed by atoms with E-state index in [0.29, 0.717) is 41.8 Å². The number of ether oxygens (including phenoxy) is 3. The fourth-order valence-electron chi connectivity index (χ4n) is 1.91. The molecule has 1 heterocycles. The smallest absolute Gasteiger partial charge is 0.258 e. The molecule has 128 valence electrons. The molecule has 0 aliphatic carbocycles. The molecule has 0 saturated heterocycles. The summed E-state index contributed by atoms with van der Waals surface area (Å²) in [6.07, 6.45) is 2.90. The first-order chi connectivity index (χ1) is 11.7. The van der Waals surface area contributed by atoms with Gasteiger partial charge in [0, 0.05) is 32.1 Å². The van der Waals surface area contributed by atoms with E-state index in [1.807, 2.05) is 0 Å². The molecule has 8 nitrogen and oxygen atoms in total. The number of nitrogens with zero attached hydrogens (tertiary/aromatic N) is 2. The van der Waals surface area contributed by atoms with E-state index in [1.165, 1.54) is 19.5 Å². The third-order valence-corrected chi connectivity index (χ3v) is 3.16. The Bertz CT molecular complexity index is 676. The molecule has 1 amide bonds. The van der Waals surface area contributed by atoms with Crippen LogP contribution in [0.2, 0.25) is 0 Å². The molecule has 2 aromatic rings. The van der Waals surface area contributed by atoms with E-state index >= 15 is 0 Å². The first-order valence-corrected chi connectivity index (χ1v) is 7.26. The van der Waals surface area contributed by atoms with Crippen LogP contribution >= 0.6 is 0 Å². The van der Waals surface area contributed by atoms with Crippen molar-refractivity contribution in [1.29, 1.82) is 0 Å². The van der Waals surface area contributed by atoms with E-state index in [0.717, 1.165) is 0 Å². The van der Waals surface area contributed by atoms with Crippen molar-refractivity contribution in [2.75, 3.05) is 45.1 Å². The van der Waals surface area contributed by atoms with Gasteiger partial charge in [-0.1, -0.05) is 0 Å². The predicted octanol–water partition coefficient (Wildman–Crippen LogP) is 1.80. The highest BCUT2D eigenvalue weighted by molar-refractivity contribution is 6.04. The maximum Gasteiger partial charge on any atom is 0.258 e. The van der Waals surface area contributed by atoms with Crippen LogP contribution in [0.15, 0.2) is 30.6 Å². The Labute approximate surface area is 140 Å². The fraction of sp³-hybridized carbons (Fsp3) is 0.312. The highest BCUT2D eigenvalue weighted by Gasteiger charge is 2.12. The van der Waals surface area contributed by atoms with E-state index < -0.39 is 0 Å². The van der Waals surface area contributed by atoms with Gasteiger partial charge in [-0.25, -0.2) is 9.97 Å². The summed E-state index contributed by atoms with van der Waals surface area (Å²) in [5.41, 5.74) is 0.835. The summed E-state index contributed by atoms with van der Waals surface area (Å²) in [4.78, 5) is 20.5. The first kappa shape index (κ1) is 17.5. The van der Waals surface area contributed by atoms with Gasteiger partial charge in [-0.2, -0.15) is 0 Å². The second-order valence-corrected chi connectivity index (χ2v) is 4.74. The number of carbonyl (C=O) groups is 1. The topological polar surface area (TPSA) is 94.6 Å². The second-order valence-electron chi connectivity index (χ2n) is 4.74. The van der Waals surface area contributed by atoms with Crippen LogP contribution in [0.4, 0.5) is 11.6 Å². The summed E-state index contributed by atoms with van der Waals surface area (Å²) in [6, 6.07) is 5.14. The van der Waals surface area contributed by atoms with E-state index in [9.17, 15) is 4.79 Å². The number of hydrogen-bond acceptors (Lipinski definition) is 7. The minimum Gasteiger partial charge on any atom is -0.497 e. The van der Waals surface area contributed by atoms with Crippen LogP contribution in [0.5, 0.6) is 11.5 Å². The highest BCUT2D eigenvalue weighted by Crippen LogP contribution is 2.29. The Morgan fingerprint density at radius 2 is 1.88 bits per heavy atom. The van der Waals surface area contributed by atoms with E-state index in [4.69, 9.17) is 14.2 Å². The number of anilines is 2. The molecule has 0 radical (unpaired) electrons. The van der Waals surface area contributed by atoms with Gasteiger partial charge < -0.3 is 24.8 Å². The van der Waals surface area contributed by atoms with Crippen LogP contribution in [-0.2, 0) is 4.74 Å². The molecule has 1 aromatic carbocycles. The van der Waals surface area contributed by atoms with Crippen molar-refractivity contribution in [2.24, 2.45) is 0 Å². The molecule has 24 heavy (non-hydrogen) atoms. The largest absolute Gasteiger partial charge is 0.497 e. The van der Waals surface area contributed by atoms with Gasteiger partial charge in [-0.3, -0.25) is 4.79 Å². The monoisotopic (exact) mass is 332 g/mol. The molecule has 2 N–H and O–H groups in total. The number of amides is 1. The van der Waals surface area contributed by atoms with Gasteiger partial charge in [0.05, 0.1) is 32.1 Å². The van der Waals surface area contributed by atoms with Gasteiger partial charge in [-0.15, -0.1) is 0 Å². The molecule has 0 saturated carbocycles. The lowest BCUT2D eigenvalue weighted by molar-refractivity contribution is 0.102. The zero-order chi connectivity index (χ0) is 17.4. The summed E-state index contributed by atoms with van der Waals surface area (Å²) < 4.78 is 15.3. The van der Waals surface area contributed by atoms with Gasteiger partial charge in [0.1, 0.15) is 11.5 Å². The van der Waals surface area contributed by atoms with Crippen LogP contribution in [0.1, 0.15) is 10.4 Å². The first-order valence-electron chi connectivity index (χ1n) is 7.26. The minimum absolute atomic E-state index is 0.331. The molecule has 1 aromatic heterocycles. The number of hydrogen-bond donors (Lipinski definition) is 2. The van der Waals surface area contributed by atoms with E-state index in [1.54, 1.807) is 32.4 Å². The van der Waals surface area contributed by atoms with Crippen LogP contribution in [-0.4, -0.2) is 50.4 Å². The SMILES string of the molecule is COCCNc1ncc(C(=O)Nc2cc(OC)ccc2OC)cn1. The molecule has 0 bridgehead atoms. The number of carbonyl (C=O) groups excluding carboxylic acids is 1. The highest BCUT2D eigenvalue weighted by atomic mass is 16.5. The molecule has 2 rings (SSSR count). The average Bonchev–Trinajstić information content (AvgIpc) is 2.62. The van der Waals surface area contributed by atoms with Crippen LogP contribution < -0.4 is 20.1 Å². The minimum atomic E-state index is -0.343. The Kier molecular flexibility index (Phi) is 6.32. The molecule has 0 fully saturated rings. The summed E-state index contributed by atoms with van der Waals surface area (Å²) in [6.45, 7) is 1.13. The zero-order valence-electron chi connectivity index (χ0n) is 13.8. The van der Waals surface area contributed by atoms with Crippen molar-refractivity contribution < 1.29 is 19.0 Å². The third kappa shape index (κ3) is 4.56. The zero-order valence-corrected chi connectivity index (χ0v) is 13.8. The Morgan fingerprint density at radius 1 is 1.12 bits per heavy atom. The summed E-state index contributed by atoms with van der Waals surface area (Å²) in [5.74, 6) is 1.23. The average molecular weight is 332 g/mol. The molecule has 8 heteroatoms. The maximum absolute atomic E-state index is 12.3. The van der Waals surface area contributed by atoms with Crippen molar-refractivity contribution in [2.45, 2.75) is 0 Å². The van der Waals surface area contributed by atoms with Crippen molar-refractivity contribution in [1.82, 2.24) is 9.97 Å².